The molecule has 0 unspecified atom stereocenters. The predicted octanol–water partition coefficient (Wildman–Crippen LogP) is 3.96. The van der Waals surface area contributed by atoms with E-state index >= 15 is 0 Å². The number of pyridine rings is 1. The minimum atomic E-state index is -0.510. The van der Waals surface area contributed by atoms with Crippen molar-refractivity contribution >= 4 is 17.2 Å². The molecule has 2 aromatic rings. The number of benzene rings is 1. The maximum Gasteiger partial charge on any atom is 0.334 e. The first-order valence-electron chi connectivity index (χ1n) is 10.2. The molecule has 1 aliphatic heterocycles. The number of likely N-dealkylation sites (tertiary alicyclic amines) is 1. The van der Waals surface area contributed by atoms with Gasteiger partial charge in [0.25, 0.3) is 0 Å². The minimum absolute atomic E-state index is 0.144. The average Bonchev–Trinajstić information content (AvgIpc) is 3.19. The Morgan fingerprint density at radius 1 is 1.28 bits per heavy atom. The van der Waals surface area contributed by atoms with Crippen molar-refractivity contribution in [3.8, 4) is 5.88 Å². The van der Waals surface area contributed by atoms with Gasteiger partial charge in [0.15, 0.2) is 0 Å². The topological polar surface area (TPSA) is 107 Å². The zero-order valence-corrected chi connectivity index (χ0v) is 16.9. The number of anilines is 2. The summed E-state index contributed by atoms with van der Waals surface area (Å²) in [6.45, 7) is 6.24. The highest BCUT2D eigenvalue weighted by Gasteiger charge is 2.22. The zero-order valence-electron chi connectivity index (χ0n) is 16.9. The van der Waals surface area contributed by atoms with Crippen LogP contribution in [-0.2, 0) is 13.1 Å². The Kier molecular flexibility index (Phi) is 7.24. The molecule has 8 nitrogen and oxygen atoms in total. The van der Waals surface area contributed by atoms with Gasteiger partial charge in [-0.2, -0.15) is 4.98 Å². The second-order valence-corrected chi connectivity index (χ2v) is 7.36. The first kappa shape index (κ1) is 20.9. The molecule has 0 bridgehead atoms. The van der Waals surface area contributed by atoms with Gasteiger partial charge in [0.1, 0.15) is 5.69 Å². The fraction of sp³-hybridized carbons (Fsp3) is 0.476. The molecule has 29 heavy (non-hydrogen) atoms. The van der Waals surface area contributed by atoms with Crippen LogP contribution in [0.5, 0.6) is 5.88 Å². The van der Waals surface area contributed by atoms with E-state index in [1.54, 1.807) is 6.07 Å². The van der Waals surface area contributed by atoms with Crippen LogP contribution in [0.2, 0.25) is 0 Å². The standard InChI is InChI=1S/C21H29N5O3/c1-2-3-11-29-19-13-18(20(26(27)28)21(22)24-19)23-14-16-7-6-8-17(12-16)15-25-9-4-5-10-25/h6-8,12-13H,2-5,9-11,14-15H2,1H3,(H3,22,23,24). The molecule has 3 N–H and O–H groups in total. The molecule has 156 valence electrons. The van der Waals surface area contributed by atoms with Crippen LogP contribution in [0.3, 0.4) is 0 Å². The molecule has 1 fully saturated rings. The molecule has 0 atom stereocenters. The third-order valence-electron chi connectivity index (χ3n) is 5.01. The van der Waals surface area contributed by atoms with Crippen molar-refractivity contribution < 1.29 is 9.66 Å². The lowest BCUT2D eigenvalue weighted by Gasteiger charge is -2.15. The molecule has 0 spiro atoms. The van der Waals surface area contributed by atoms with E-state index in [4.69, 9.17) is 10.5 Å². The number of rotatable bonds is 10. The van der Waals surface area contributed by atoms with Crippen molar-refractivity contribution in [2.24, 2.45) is 0 Å². The molecular weight excluding hydrogens is 370 g/mol. The van der Waals surface area contributed by atoms with E-state index in [9.17, 15) is 10.1 Å². The van der Waals surface area contributed by atoms with Gasteiger partial charge in [-0.05, 0) is 43.5 Å². The van der Waals surface area contributed by atoms with Crippen LogP contribution < -0.4 is 15.8 Å². The lowest BCUT2D eigenvalue weighted by Crippen LogP contribution is -2.18. The monoisotopic (exact) mass is 399 g/mol. The van der Waals surface area contributed by atoms with Gasteiger partial charge in [0, 0.05) is 19.2 Å². The number of nitrogens with one attached hydrogen (secondary N) is 1. The Morgan fingerprint density at radius 3 is 2.76 bits per heavy atom. The molecule has 1 aromatic carbocycles. The molecule has 0 aliphatic carbocycles. The smallest absolute Gasteiger partial charge is 0.334 e. The summed E-state index contributed by atoms with van der Waals surface area (Å²) in [7, 11) is 0. The molecular formula is C21H29N5O3. The van der Waals surface area contributed by atoms with E-state index in [-0.39, 0.29) is 11.5 Å². The van der Waals surface area contributed by atoms with Crippen LogP contribution in [0.1, 0.15) is 43.7 Å². The van der Waals surface area contributed by atoms with E-state index in [0.29, 0.717) is 24.7 Å². The normalized spacial score (nSPS) is 14.1. The molecule has 2 heterocycles. The maximum absolute atomic E-state index is 11.5. The predicted molar refractivity (Wildman–Crippen MR) is 114 cm³/mol. The number of aromatic nitrogens is 1. The highest BCUT2D eigenvalue weighted by atomic mass is 16.6. The first-order chi connectivity index (χ1) is 14.1. The number of nitro groups is 1. The molecule has 0 radical (unpaired) electrons. The van der Waals surface area contributed by atoms with E-state index in [0.717, 1.165) is 38.0 Å². The Bertz CT molecular complexity index is 837. The second-order valence-electron chi connectivity index (χ2n) is 7.36. The maximum atomic E-state index is 11.5. The second kappa shape index (κ2) is 10.1. The molecule has 0 amide bonds. The van der Waals surface area contributed by atoms with Gasteiger partial charge in [-0.1, -0.05) is 37.6 Å². The molecule has 1 aliphatic rings. The number of hydrogen-bond acceptors (Lipinski definition) is 7. The van der Waals surface area contributed by atoms with Crippen LogP contribution in [0.25, 0.3) is 0 Å². The minimum Gasteiger partial charge on any atom is -0.478 e. The quantitative estimate of drug-likeness (QED) is 0.354. The summed E-state index contributed by atoms with van der Waals surface area (Å²) in [6.07, 6.45) is 4.39. The third kappa shape index (κ3) is 5.80. The molecule has 8 heteroatoms. The van der Waals surface area contributed by atoms with Gasteiger partial charge in [-0.25, -0.2) is 0 Å². The highest BCUT2D eigenvalue weighted by Crippen LogP contribution is 2.33. The van der Waals surface area contributed by atoms with Gasteiger partial charge in [-0.15, -0.1) is 0 Å². The van der Waals surface area contributed by atoms with E-state index in [1.807, 2.05) is 12.1 Å². The summed E-state index contributed by atoms with van der Waals surface area (Å²) in [5, 5.41) is 14.6. The molecule has 3 rings (SSSR count). The summed E-state index contributed by atoms with van der Waals surface area (Å²) in [5.74, 6) is 0.154. The number of hydrogen-bond donors (Lipinski definition) is 2. The number of nitrogen functional groups attached to an aromatic ring is 1. The summed E-state index contributed by atoms with van der Waals surface area (Å²) in [4.78, 5) is 17.4. The Balaban J connectivity index is 1.72. The van der Waals surface area contributed by atoms with Gasteiger partial charge in [-0.3, -0.25) is 15.0 Å². The third-order valence-corrected chi connectivity index (χ3v) is 5.01. The number of ether oxygens (including phenoxy) is 1. The largest absolute Gasteiger partial charge is 0.478 e. The van der Waals surface area contributed by atoms with Crippen LogP contribution in [0, 0.1) is 10.1 Å². The van der Waals surface area contributed by atoms with Gasteiger partial charge >= 0.3 is 5.69 Å². The lowest BCUT2D eigenvalue weighted by atomic mass is 10.1. The molecule has 0 saturated carbocycles. The van der Waals surface area contributed by atoms with Crippen molar-refractivity contribution in [3.05, 3.63) is 51.6 Å². The van der Waals surface area contributed by atoms with Crippen molar-refractivity contribution in [2.45, 2.75) is 45.7 Å². The lowest BCUT2D eigenvalue weighted by molar-refractivity contribution is -0.383. The van der Waals surface area contributed by atoms with E-state index in [2.05, 4.69) is 34.3 Å². The fourth-order valence-electron chi connectivity index (χ4n) is 3.49. The summed E-state index contributed by atoms with van der Waals surface area (Å²) in [6, 6.07) is 9.85. The van der Waals surface area contributed by atoms with Crippen LogP contribution in [0.4, 0.5) is 17.2 Å². The summed E-state index contributed by atoms with van der Waals surface area (Å²) < 4.78 is 5.59. The summed E-state index contributed by atoms with van der Waals surface area (Å²) in [5.41, 5.74) is 8.23. The van der Waals surface area contributed by atoms with Gasteiger partial charge in [0.2, 0.25) is 11.7 Å². The van der Waals surface area contributed by atoms with Crippen LogP contribution in [-0.4, -0.2) is 34.5 Å². The van der Waals surface area contributed by atoms with Crippen molar-refractivity contribution in [3.63, 3.8) is 0 Å². The number of unbranched alkanes of at least 4 members (excludes halogenated alkanes) is 1. The first-order valence-corrected chi connectivity index (χ1v) is 10.2. The summed E-state index contributed by atoms with van der Waals surface area (Å²) >= 11 is 0. The van der Waals surface area contributed by atoms with Crippen molar-refractivity contribution in [1.29, 1.82) is 0 Å². The Morgan fingerprint density at radius 2 is 2.03 bits per heavy atom. The Labute approximate surface area is 171 Å². The van der Waals surface area contributed by atoms with Crippen LogP contribution in [0.15, 0.2) is 30.3 Å². The highest BCUT2D eigenvalue weighted by molar-refractivity contribution is 5.73. The number of nitrogens with zero attached hydrogens (tertiary/aromatic N) is 3. The average molecular weight is 399 g/mol. The van der Waals surface area contributed by atoms with E-state index < -0.39 is 4.92 Å². The zero-order chi connectivity index (χ0) is 20.6. The SMILES string of the molecule is CCCCOc1cc(NCc2cccc(CN3CCCC3)c2)c([N+](=O)[O-])c(N)n1. The van der Waals surface area contributed by atoms with Gasteiger partial charge in [0.05, 0.1) is 11.5 Å². The molecule has 1 aromatic heterocycles. The molecule has 1 saturated heterocycles. The fourth-order valence-corrected chi connectivity index (χ4v) is 3.49. The number of nitrogens with two attached hydrogens (primary N) is 1. The van der Waals surface area contributed by atoms with Crippen LogP contribution >= 0.6 is 0 Å². The van der Waals surface area contributed by atoms with Crippen molar-refractivity contribution in [1.82, 2.24) is 9.88 Å². The van der Waals surface area contributed by atoms with Gasteiger partial charge < -0.3 is 15.8 Å². The van der Waals surface area contributed by atoms with E-state index in [1.165, 1.54) is 18.4 Å². The van der Waals surface area contributed by atoms with Crippen molar-refractivity contribution in [2.75, 3.05) is 30.7 Å². The Hall–Kier alpha value is -2.87.